The van der Waals surface area contributed by atoms with Crippen LogP contribution in [0.15, 0.2) is 0 Å². The van der Waals surface area contributed by atoms with Crippen molar-refractivity contribution in [3.8, 4) is 0 Å². The van der Waals surface area contributed by atoms with Crippen molar-refractivity contribution in [2.75, 3.05) is 19.6 Å². The molecule has 0 spiro atoms. The predicted octanol–water partition coefficient (Wildman–Crippen LogP) is 3.67. The van der Waals surface area contributed by atoms with E-state index in [1.54, 1.807) is 0 Å². The van der Waals surface area contributed by atoms with Crippen molar-refractivity contribution in [2.24, 2.45) is 16.7 Å². The molecule has 1 saturated heterocycles. The van der Waals surface area contributed by atoms with Crippen molar-refractivity contribution < 1.29 is 0 Å². The summed E-state index contributed by atoms with van der Waals surface area (Å²) in [5.74, 6) is 0.961. The van der Waals surface area contributed by atoms with E-state index in [0.717, 1.165) is 18.0 Å². The molecule has 1 N–H and O–H groups in total. The number of hydrogen-bond acceptors (Lipinski definition) is 2. The average molecular weight is 278 g/mol. The molecule has 0 radical (unpaired) electrons. The summed E-state index contributed by atoms with van der Waals surface area (Å²) < 4.78 is 0. The van der Waals surface area contributed by atoms with Gasteiger partial charge >= 0.3 is 0 Å². The van der Waals surface area contributed by atoms with Gasteiger partial charge in [-0.25, -0.2) is 0 Å². The minimum atomic E-state index is 0.536. The number of rotatable bonds is 3. The molecule has 3 aliphatic rings. The maximum absolute atomic E-state index is 4.10. The van der Waals surface area contributed by atoms with Gasteiger partial charge in [-0.05, 0) is 74.9 Å². The number of fused-ring (bicyclic) bond motifs is 2. The van der Waals surface area contributed by atoms with Crippen molar-refractivity contribution in [1.82, 2.24) is 10.2 Å². The van der Waals surface area contributed by atoms with Crippen LogP contribution < -0.4 is 5.32 Å². The summed E-state index contributed by atoms with van der Waals surface area (Å²) in [5, 5.41) is 4.10. The van der Waals surface area contributed by atoms with Crippen LogP contribution in [0.3, 0.4) is 0 Å². The molecule has 116 valence electrons. The molecule has 1 heterocycles. The van der Waals surface area contributed by atoms with Crippen LogP contribution in [0.2, 0.25) is 0 Å². The Morgan fingerprint density at radius 3 is 2.50 bits per heavy atom. The van der Waals surface area contributed by atoms with E-state index in [-0.39, 0.29) is 0 Å². The van der Waals surface area contributed by atoms with E-state index in [0.29, 0.717) is 10.8 Å². The molecule has 2 saturated carbocycles. The summed E-state index contributed by atoms with van der Waals surface area (Å²) in [5.41, 5.74) is 1.08. The molecule has 2 bridgehead atoms. The summed E-state index contributed by atoms with van der Waals surface area (Å²) in [4.78, 5) is 2.62. The first-order valence-electron chi connectivity index (χ1n) is 8.96. The number of likely N-dealkylation sites (tertiary alicyclic amines) is 1. The minimum absolute atomic E-state index is 0.536. The number of nitrogens with zero attached hydrogens (tertiary/aromatic N) is 1. The van der Waals surface area contributed by atoms with Gasteiger partial charge < -0.3 is 10.2 Å². The first kappa shape index (κ1) is 14.8. The molecule has 0 aromatic heterocycles. The van der Waals surface area contributed by atoms with Crippen LogP contribution in [0.4, 0.5) is 0 Å². The van der Waals surface area contributed by atoms with Crippen LogP contribution in [-0.2, 0) is 0 Å². The fourth-order valence-corrected chi connectivity index (χ4v) is 5.38. The molecular formula is C18H34N2. The van der Waals surface area contributed by atoms with Crippen LogP contribution in [0.25, 0.3) is 0 Å². The number of nitrogens with one attached hydrogen (secondary N) is 1. The normalized spacial score (nSPS) is 44.7. The topological polar surface area (TPSA) is 15.3 Å². The second-order valence-electron chi connectivity index (χ2n) is 8.39. The van der Waals surface area contributed by atoms with Gasteiger partial charge in [0.05, 0.1) is 0 Å². The molecule has 1 aliphatic heterocycles. The molecule has 0 amide bonds. The summed E-state index contributed by atoms with van der Waals surface area (Å²) in [6, 6.07) is 1.54. The van der Waals surface area contributed by atoms with Crippen LogP contribution >= 0.6 is 0 Å². The second kappa shape index (κ2) is 5.28. The molecule has 4 unspecified atom stereocenters. The first-order valence-corrected chi connectivity index (χ1v) is 8.96. The van der Waals surface area contributed by atoms with E-state index in [1.807, 2.05) is 0 Å². The van der Waals surface area contributed by atoms with Gasteiger partial charge in [0.15, 0.2) is 0 Å². The predicted molar refractivity (Wildman–Crippen MR) is 85.9 cm³/mol. The van der Waals surface area contributed by atoms with Gasteiger partial charge in [0.1, 0.15) is 0 Å². The Hall–Kier alpha value is -0.0800. The fourth-order valence-electron chi connectivity index (χ4n) is 5.38. The zero-order chi connectivity index (χ0) is 14.4. The van der Waals surface area contributed by atoms with Crippen molar-refractivity contribution in [3.05, 3.63) is 0 Å². The largest absolute Gasteiger partial charge is 0.311 e. The van der Waals surface area contributed by atoms with E-state index in [9.17, 15) is 0 Å². The average Bonchev–Trinajstić information content (AvgIpc) is 2.68. The molecule has 2 nitrogen and oxygen atoms in total. The Bertz CT molecular complexity index is 351. The van der Waals surface area contributed by atoms with E-state index in [2.05, 4.69) is 37.9 Å². The Balaban J connectivity index is 1.62. The van der Waals surface area contributed by atoms with Gasteiger partial charge in [-0.15, -0.1) is 0 Å². The van der Waals surface area contributed by atoms with Gasteiger partial charge in [0.2, 0.25) is 0 Å². The van der Waals surface area contributed by atoms with Crippen molar-refractivity contribution in [1.29, 1.82) is 0 Å². The lowest BCUT2D eigenvalue weighted by Gasteiger charge is -2.41. The van der Waals surface area contributed by atoms with Crippen LogP contribution in [0, 0.1) is 16.7 Å². The molecular weight excluding hydrogens is 244 g/mol. The third-order valence-corrected chi connectivity index (χ3v) is 7.50. The minimum Gasteiger partial charge on any atom is -0.311 e. The highest BCUT2D eigenvalue weighted by atomic mass is 15.1. The zero-order valence-corrected chi connectivity index (χ0v) is 14.0. The molecule has 20 heavy (non-hydrogen) atoms. The van der Waals surface area contributed by atoms with Gasteiger partial charge in [-0.2, -0.15) is 0 Å². The Labute approximate surface area is 125 Å². The van der Waals surface area contributed by atoms with Gasteiger partial charge in [0.25, 0.3) is 0 Å². The monoisotopic (exact) mass is 278 g/mol. The summed E-state index contributed by atoms with van der Waals surface area (Å²) in [7, 11) is 0. The third-order valence-electron chi connectivity index (χ3n) is 7.50. The van der Waals surface area contributed by atoms with Gasteiger partial charge in [-0.3, -0.25) is 0 Å². The van der Waals surface area contributed by atoms with Crippen molar-refractivity contribution in [3.63, 3.8) is 0 Å². The van der Waals surface area contributed by atoms with E-state index >= 15 is 0 Å². The summed E-state index contributed by atoms with van der Waals surface area (Å²) in [6.45, 7) is 13.7. The lowest BCUT2D eigenvalue weighted by molar-refractivity contribution is 0.113. The quantitative estimate of drug-likeness (QED) is 0.847. The number of hydrogen-bond donors (Lipinski definition) is 1. The lowest BCUT2D eigenvalue weighted by atomic mass is 9.69. The van der Waals surface area contributed by atoms with Crippen molar-refractivity contribution in [2.45, 2.75) is 78.3 Å². The zero-order valence-electron chi connectivity index (χ0n) is 14.0. The molecule has 0 aromatic rings. The Morgan fingerprint density at radius 2 is 1.90 bits per heavy atom. The maximum Gasteiger partial charge on any atom is 0.0131 e. The van der Waals surface area contributed by atoms with E-state index < -0.39 is 0 Å². The molecule has 0 aromatic carbocycles. The van der Waals surface area contributed by atoms with Gasteiger partial charge in [0, 0.05) is 12.1 Å². The highest BCUT2D eigenvalue weighted by molar-refractivity contribution is 5.13. The fraction of sp³-hybridized carbons (Fsp3) is 1.00. The van der Waals surface area contributed by atoms with Crippen LogP contribution in [0.5, 0.6) is 0 Å². The summed E-state index contributed by atoms with van der Waals surface area (Å²) >= 11 is 0. The highest BCUT2D eigenvalue weighted by Gasteiger charge is 2.61. The standard InChI is InChI=1S/C18H34N2/c1-5-20-11-6-7-15(9-12-20)19-16-13-14-8-10-18(16,4)17(14,2)3/h14-16,19H,5-13H2,1-4H3. The molecule has 2 heteroatoms. The smallest absolute Gasteiger partial charge is 0.0131 e. The van der Waals surface area contributed by atoms with E-state index in [4.69, 9.17) is 0 Å². The Kier molecular flexibility index (Phi) is 3.92. The molecule has 3 fully saturated rings. The van der Waals surface area contributed by atoms with Gasteiger partial charge in [-0.1, -0.05) is 27.7 Å². The Morgan fingerprint density at radius 1 is 1.10 bits per heavy atom. The molecule has 2 aliphatic carbocycles. The van der Waals surface area contributed by atoms with E-state index in [1.165, 1.54) is 58.2 Å². The summed E-state index contributed by atoms with van der Waals surface area (Å²) in [6.07, 6.45) is 8.45. The third kappa shape index (κ3) is 2.23. The second-order valence-corrected chi connectivity index (χ2v) is 8.39. The first-order chi connectivity index (χ1) is 9.47. The highest BCUT2D eigenvalue weighted by Crippen LogP contribution is 2.65. The SMILES string of the molecule is CCN1CCCC(NC2CC3CCC2(C)C3(C)C)CC1. The molecule has 3 rings (SSSR count). The van der Waals surface area contributed by atoms with Crippen LogP contribution in [-0.4, -0.2) is 36.6 Å². The van der Waals surface area contributed by atoms with Crippen LogP contribution in [0.1, 0.15) is 66.2 Å². The lowest BCUT2D eigenvalue weighted by Crippen LogP contribution is -2.48. The maximum atomic E-state index is 4.10. The van der Waals surface area contributed by atoms with Crippen molar-refractivity contribution >= 4 is 0 Å². The molecule has 4 atom stereocenters.